The number of ether oxygens (including phenoxy) is 1. The molecule has 6 nitrogen and oxygen atoms in total. The maximum Gasteiger partial charge on any atom is 0.350 e. The highest BCUT2D eigenvalue weighted by atomic mass is 32.1. The highest BCUT2D eigenvalue weighted by Crippen LogP contribution is 2.24. The SMILES string of the molecule is CCOC(=O)c1sc(C(C)NC(=NC)NCC(C)C)nc1C. The molecule has 2 N–H and O–H groups in total. The van der Waals surface area contributed by atoms with E-state index in [1.165, 1.54) is 11.3 Å². The van der Waals surface area contributed by atoms with Crippen molar-refractivity contribution in [2.45, 2.75) is 40.7 Å². The van der Waals surface area contributed by atoms with Crippen molar-refractivity contribution < 1.29 is 9.53 Å². The first-order chi connectivity index (χ1) is 10.4. The van der Waals surface area contributed by atoms with E-state index in [0.29, 0.717) is 23.1 Å². The molecule has 0 aromatic carbocycles. The number of aromatic nitrogens is 1. The maximum atomic E-state index is 11.8. The van der Waals surface area contributed by atoms with Crippen molar-refractivity contribution in [3.63, 3.8) is 0 Å². The summed E-state index contributed by atoms with van der Waals surface area (Å²) in [6.45, 7) is 11.1. The van der Waals surface area contributed by atoms with E-state index in [4.69, 9.17) is 4.74 Å². The molecule has 1 aromatic rings. The van der Waals surface area contributed by atoms with Crippen LogP contribution >= 0.6 is 11.3 Å². The van der Waals surface area contributed by atoms with E-state index < -0.39 is 0 Å². The maximum absolute atomic E-state index is 11.8. The van der Waals surface area contributed by atoms with Crippen molar-refractivity contribution in [1.29, 1.82) is 0 Å². The summed E-state index contributed by atoms with van der Waals surface area (Å²) in [4.78, 5) is 21.1. The number of carbonyl (C=O) groups is 1. The number of thiazole rings is 1. The van der Waals surface area contributed by atoms with E-state index in [9.17, 15) is 4.79 Å². The van der Waals surface area contributed by atoms with Crippen LogP contribution in [0.4, 0.5) is 0 Å². The average Bonchev–Trinajstić information content (AvgIpc) is 2.85. The summed E-state index contributed by atoms with van der Waals surface area (Å²) >= 11 is 1.36. The van der Waals surface area contributed by atoms with Gasteiger partial charge in [0, 0.05) is 13.6 Å². The number of rotatable bonds is 6. The van der Waals surface area contributed by atoms with Crippen molar-refractivity contribution in [2.24, 2.45) is 10.9 Å². The molecule has 0 bridgehead atoms. The Hall–Kier alpha value is -1.63. The van der Waals surface area contributed by atoms with Crippen LogP contribution < -0.4 is 10.6 Å². The Morgan fingerprint density at radius 2 is 2.09 bits per heavy atom. The highest BCUT2D eigenvalue weighted by Gasteiger charge is 2.20. The molecule has 0 fully saturated rings. The van der Waals surface area contributed by atoms with Gasteiger partial charge in [-0.25, -0.2) is 9.78 Å². The average molecular weight is 326 g/mol. The van der Waals surface area contributed by atoms with E-state index in [1.54, 1.807) is 14.0 Å². The third-order valence-electron chi connectivity index (χ3n) is 2.90. The summed E-state index contributed by atoms with van der Waals surface area (Å²) in [6.07, 6.45) is 0. The van der Waals surface area contributed by atoms with Crippen LogP contribution in [0.5, 0.6) is 0 Å². The molecule has 22 heavy (non-hydrogen) atoms. The molecule has 0 aliphatic carbocycles. The molecule has 124 valence electrons. The second-order valence-electron chi connectivity index (χ2n) is 5.40. The molecule has 0 saturated heterocycles. The fourth-order valence-corrected chi connectivity index (χ4v) is 2.71. The van der Waals surface area contributed by atoms with Gasteiger partial charge in [-0.2, -0.15) is 0 Å². The van der Waals surface area contributed by atoms with Crippen LogP contribution in [0.15, 0.2) is 4.99 Å². The van der Waals surface area contributed by atoms with Gasteiger partial charge in [0.25, 0.3) is 0 Å². The molecular formula is C15H26N4O2S. The zero-order valence-electron chi connectivity index (χ0n) is 14.2. The van der Waals surface area contributed by atoms with Crippen LogP contribution in [0.3, 0.4) is 0 Å². The van der Waals surface area contributed by atoms with Crippen molar-refractivity contribution in [3.05, 3.63) is 15.6 Å². The molecule has 0 spiro atoms. The van der Waals surface area contributed by atoms with Crippen LogP contribution in [0.2, 0.25) is 0 Å². The van der Waals surface area contributed by atoms with Crippen molar-refractivity contribution in [1.82, 2.24) is 15.6 Å². The number of aryl methyl sites for hydroxylation is 1. The lowest BCUT2D eigenvalue weighted by Crippen LogP contribution is -2.40. The number of hydrogen-bond acceptors (Lipinski definition) is 5. The van der Waals surface area contributed by atoms with Gasteiger partial charge in [0.1, 0.15) is 9.88 Å². The van der Waals surface area contributed by atoms with Crippen molar-refractivity contribution >= 4 is 23.3 Å². The molecule has 1 aromatic heterocycles. The van der Waals surface area contributed by atoms with Gasteiger partial charge in [0.15, 0.2) is 5.96 Å². The number of carbonyl (C=O) groups excluding carboxylic acids is 1. The first kappa shape index (κ1) is 18.4. The molecule has 1 atom stereocenters. The largest absolute Gasteiger partial charge is 0.462 e. The summed E-state index contributed by atoms with van der Waals surface area (Å²) in [5, 5.41) is 7.38. The molecule has 0 aliphatic rings. The second-order valence-corrected chi connectivity index (χ2v) is 6.43. The number of aliphatic imine (C=N–C) groups is 1. The number of nitrogens with zero attached hydrogens (tertiary/aromatic N) is 2. The third kappa shape index (κ3) is 5.29. The van der Waals surface area contributed by atoms with E-state index in [1.807, 2.05) is 13.8 Å². The highest BCUT2D eigenvalue weighted by molar-refractivity contribution is 7.13. The number of nitrogens with one attached hydrogen (secondary N) is 2. The van der Waals surface area contributed by atoms with E-state index in [0.717, 1.165) is 17.5 Å². The Balaban J connectivity index is 2.75. The van der Waals surface area contributed by atoms with Gasteiger partial charge in [0.05, 0.1) is 18.3 Å². The van der Waals surface area contributed by atoms with Crippen LogP contribution in [-0.4, -0.2) is 37.1 Å². The number of hydrogen-bond donors (Lipinski definition) is 2. The van der Waals surface area contributed by atoms with Gasteiger partial charge in [-0.15, -0.1) is 11.3 Å². The zero-order chi connectivity index (χ0) is 16.7. The minimum absolute atomic E-state index is 0.0368. The normalized spacial score (nSPS) is 13.1. The molecule has 0 amide bonds. The summed E-state index contributed by atoms with van der Waals surface area (Å²) in [6, 6.07) is -0.0368. The van der Waals surface area contributed by atoms with E-state index in [-0.39, 0.29) is 12.0 Å². The first-order valence-electron chi connectivity index (χ1n) is 7.50. The smallest absolute Gasteiger partial charge is 0.350 e. The lowest BCUT2D eigenvalue weighted by Gasteiger charge is -2.17. The van der Waals surface area contributed by atoms with Gasteiger partial charge < -0.3 is 15.4 Å². The van der Waals surface area contributed by atoms with E-state index in [2.05, 4.69) is 34.5 Å². The fraction of sp³-hybridized carbons (Fsp3) is 0.667. The Kier molecular flexibility index (Phi) is 7.31. The van der Waals surface area contributed by atoms with Crippen LogP contribution in [0.25, 0.3) is 0 Å². The molecule has 1 rings (SSSR count). The summed E-state index contributed by atoms with van der Waals surface area (Å²) in [5.41, 5.74) is 0.706. The fourth-order valence-electron chi connectivity index (χ4n) is 1.75. The summed E-state index contributed by atoms with van der Waals surface area (Å²) in [7, 11) is 1.74. The van der Waals surface area contributed by atoms with E-state index >= 15 is 0 Å². The quantitative estimate of drug-likeness (QED) is 0.477. The number of esters is 1. The molecule has 1 unspecified atom stereocenters. The second kappa shape index (κ2) is 8.73. The zero-order valence-corrected chi connectivity index (χ0v) is 15.0. The Morgan fingerprint density at radius 3 is 2.64 bits per heavy atom. The molecule has 0 saturated carbocycles. The lowest BCUT2D eigenvalue weighted by molar-refractivity contribution is 0.0531. The predicted octanol–water partition coefficient (Wildman–Crippen LogP) is 2.51. The number of guanidine groups is 1. The van der Waals surface area contributed by atoms with Gasteiger partial charge in [-0.3, -0.25) is 4.99 Å². The minimum atomic E-state index is -0.307. The van der Waals surface area contributed by atoms with Crippen LogP contribution in [-0.2, 0) is 4.74 Å². The van der Waals surface area contributed by atoms with Crippen LogP contribution in [0, 0.1) is 12.8 Å². The summed E-state index contributed by atoms with van der Waals surface area (Å²) < 4.78 is 5.04. The first-order valence-corrected chi connectivity index (χ1v) is 8.32. The minimum Gasteiger partial charge on any atom is -0.462 e. The molecule has 1 heterocycles. The lowest BCUT2D eigenvalue weighted by atomic mass is 10.2. The molecule has 0 radical (unpaired) electrons. The van der Waals surface area contributed by atoms with Crippen molar-refractivity contribution in [3.8, 4) is 0 Å². The molecular weight excluding hydrogens is 300 g/mol. The molecule has 7 heteroatoms. The van der Waals surface area contributed by atoms with Gasteiger partial charge >= 0.3 is 5.97 Å². The Labute approximate surface area is 136 Å². The summed E-state index contributed by atoms with van der Waals surface area (Å²) in [5.74, 6) is 0.955. The van der Waals surface area contributed by atoms with Crippen molar-refractivity contribution in [2.75, 3.05) is 20.2 Å². The standard InChI is InChI=1S/C15H26N4O2S/c1-7-21-14(20)12-10(4)18-13(22-12)11(5)19-15(16-6)17-8-9(2)3/h9,11H,7-8H2,1-6H3,(H2,16,17,19). The Bertz CT molecular complexity index is 526. The van der Waals surface area contributed by atoms with Gasteiger partial charge in [-0.1, -0.05) is 13.8 Å². The topological polar surface area (TPSA) is 75.6 Å². The predicted molar refractivity (Wildman–Crippen MR) is 90.6 cm³/mol. The monoisotopic (exact) mass is 326 g/mol. The molecule has 0 aliphatic heterocycles. The van der Waals surface area contributed by atoms with Gasteiger partial charge in [0.2, 0.25) is 0 Å². The Morgan fingerprint density at radius 1 is 1.41 bits per heavy atom. The van der Waals surface area contributed by atoms with Crippen LogP contribution in [0.1, 0.15) is 54.1 Å². The van der Waals surface area contributed by atoms with Gasteiger partial charge in [-0.05, 0) is 26.7 Å². The third-order valence-corrected chi connectivity index (χ3v) is 4.22.